The number of carboxylic acids is 1. The Labute approximate surface area is 143 Å². The molecule has 126 valence electrons. The third-order valence-corrected chi connectivity index (χ3v) is 4.75. The van der Waals surface area contributed by atoms with E-state index in [4.69, 9.17) is 4.74 Å². The maximum Gasteiger partial charge on any atom is 0.311 e. The van der Waals surface area contributed by atoms with E-state index in [1.807, 2.05) is 37.3 Å². The van der Waals surface area contributed by atoms with E-state index in [1.165, 1.54) is 24.0 Å². The second-order valence-corrected chi connectivity index (χ2v) is 6.41. The molecule has 2 aromatic carbocycles. The lowest BCUT2D eigenvalue weighted by atomic mass is 9.85. The highest BCUT2D eigenvalue weighted by molar-refractivity contribution is 5.76. The fourth-order valence-corrected chi connectivity index (χ4v) is 3.44. The highest BCUT2D eigenvalue weighted by Crippen LogP contribution is 2.28. The van der Waals surface area contributed by atoms with Crippen molar-refractivity contribution in [2.24, 2.45) is 0 Å². The Bertz CT molecular complexity index is 704. The maximum atomic E-state index is 11.8. The van der Waals surface area contributed by atoms with E-state index >= 15 is 0 Å². The Balaban J connectivity index is 1.81. The lowest BCUT2D eigenvalue weighted by molar-refractivity contribution is -0.138. The van der Waals surface area contributed by atoms with Gasteiger partial charge in [-0.15, -0.1) is 0 Å². The third-order valence-electron chi connectivity index (χ3n) is 4.75. The van der Waals surface area contributed by atoms with Crippen molar-refractivity contribution in [1.82, 2.24) is 0 Å². The molecule has 3 heteroatoms. The van der Waals surface area contributed by atoms with Crippen LogP contribution in [0, 0.1) is 0 Å². The molecule has 1 unspecified atom stereocenters. The molecular formula is C21H24O3. The largest absolute Gasteiger partial charge is 0.494 e. The van der Waals surface area contributed by atoms with Crippen molar-refractivity contribution < 1.29 is 14.6 Å². The van der Waals surface area contributed by atoms with Crippen LogP contribution in [0.4, 0.5) is 0 Å². The van der Waals surface area contributed by atoms with Crippen LogP contribution in [0.1, 0.15) is 47.9 Å². The number of rotatable bonds is 6. The standard InChI is InChI=1S/C21H24O3/c1-2-24-19-11-7-15(8-12-19)13-20(21(22)23)18-10-9-16-5-3-4-6-17(16)14-18/h7-12,14,20H,2-6,13H2,1H3,(H,22,23). The number of aryl methyl sites for hydroxylation is 2. The molecule has 0 aliphatic heterocycles. The second kappa shape index (κ2) is 7.52. The average molecular weight is 324 g/mol. The van der Waals surface area contributed by atoms with E-state index in [-0.39, 0.29) is 0 Å². The fraction of sp³-hybridized carbons (Fsp3) is 0.381. The lowest BCUT2D eigenvalue weighted by Gasteiger charge is -2.19. The minimum absolute atomic E-state index is 0.501. The monoisotopic (exact) mass is 324 g/mol. The number of fused-ring (bicyclic) bond motifs is 1. The molecule has 0 spiro atoms. The predicted molar refractivity (Wildman–Crippen MR) is 94.8 cm³/mol. The molecule has 0 aromatic heterocycles. The molecule has 1 aliphatic rings. The number of aliphatic carboxylic acids is 1. The van der Waals surface area contributed by atoms with Gasteiger partial charge in [-0.25, -0.2) is 0 Å². The minimum atomic E-state index is -0.764. The van der Waals surface area contributed by atoms with Crippen LogP contribution >= 0.6 is 0 Å². The van der Waals surface area contributed by atoms with Gasteiger partial charge in [0.2, 0.25) is 0 Å². The van der Waals surface area contributed by atoms with Gasteiger partial charge in [0.1, 0.15) is 5.75 Å². The Morgan fingerprint density at radius 2 is 1.79 bits per heavy atom. The van der Waals surface area contributed by atoms with E-state index in [2.05, 4.69) is 12.1 Å². The first kappa shape index (κ1) is 16.6. The summed E-state index contributed by atoms with van der Waals surface area (Å²) in [5, 5.41) is 9.71. The summed E-state index contributed by atoms with van der Waals surface area (Å²) in [5.74, 6) is -0.447. The molecule has 2 aromatic rings. The number of hydrogen-bond donors (Lipinski definition) is 1. The molecule has 3 rings (SSSR count). The summed E-state index contributed by atoms with van der Waals surface area (Å²) in [6, 6.07) is 14.0. The van der Waals surface area contributed by atoms with Crippen molar-refractivity contribution in [2.45, 2.75) is 44.9 Å². The normalized spacial score (nSPS) is 14.7. The third kappa shape index (κ3) is 3.78. The Kier molecular flexibility index (Phi) is 5.19. The van der Waals surface area contributed by atoms with E-state index in [0.717, 1.165) is 29.7 Å². The highest BCUT2D eigenvalue weighted by atomic mass is 16.5. The number of carbonyl (C=O) groups is 1. The molecule has 24 heavy (non-hydrogen) atoms. The predicted octanol–water partition coefficient (Wildman–Crippen LogP) is 4.38. The molecule has 0 heterocycles. The zero-order valence-electron chi connectivity index (χ0n) is 14.1. The van der Waals surface area contributed by atoms with Gasteiger partial charge in [-0.1, -0.05) is 30.3 Å². The molecule has 3 nitrogen and oxygen atoms in total. The van der Waals surface area contributed by atoms with E-state index < -0.39 is 11.9 Å². The van der Waals surface area contributed by atoms with Crippen molar-refractivity contribution in [1.29, 1.82) is 0 Å². The van der Waals surface area contributed by atoms with Gasteiger partial charge in [-0.05, 0) is 73.4 Å². The molecule has 0 amide bonds. The Morgan fingerprint density at radius 3 is 2.46 bits per heavy atom. The van der Waals surface area contributed by atoms with Crippen LogP contribution in [0.3, 0.4) is 0 Å². The second-order valence-electron chi connectivity index (χ2n) is 6.41. The van der Waals surface area contributed by atoms with Gasteiger partial charge in [-0.3, -0.25) is 4.79 Å². The first-order valence-electron chi connectivity index (χ1n) is 8.73. The quantitative estimate of drug-likeness (QED) is 0.858. The van der Waals surface area contributed by atoms with Gasteiger partial charge in [0.05, 0.1) is 12.5 Å². The van der Waals surface area contributed by atoms with Crippen molar-refractivity contribution in [3.8, 4) is 5.75 Å². The molecule has 1 aliphatic carbocycles. The molecule has 0 saturated heterocycles. The number of ether oxygens (including phenoxy) is 1. The van der Waals surface area contributed by atoms with Crippen LogP contribution in [-0.4, -0.2) is 17.7 Å². The zero-order chi connectivity index (χ0) is 16.9. The smallest absolute Gasteiger partial charge is 0.311 e. The average Bonchev–Trinajstić information content (AvgIpc) is 2.60. The number of benzene rings is 2. The van der Waals surface area contributed by atoms with Crippen LogP contribution in [0.2, 0.25) is 0 Å². The molecule has 1 N–H and O–H groups in total. The van der Waals surface area contributed by atoms with Crippen LogP contribution in [0.5, 0.6) is 5.75 Å². The van der Waals surface area contributed by atoms with Crippen molar-refractivity contribution in [2.75, 3.05) is 6.61 Å². The van der Waals surface area contributed by atoms with E-state index in [0.29, 0.717) is 13.0 Å². The van der Waals surface area contributed by atoms with Gasteiger partial charge in [0.25, 0.3) is 0 Å². The molecular weight excluding hydrogens is 300 g/mol. The minimum Gasteiger partial charge on any atom is -0.494 e. The van der Waals surface area contributed by atoms with E-state index in [9.17, 15) is 9.90 Å². The van der Waals surface area contributed by atoms with Gasteiger partial charge in [0, 0.05) is 0 Å². The number of hydrogen-bond acceptors (Lipinski definition) is 2. The zero-order valence-corrected chi connectivity index (χ0v) is 14.1. The summed E-state index contributed by atoms with van der Waals surface area (Å²) in [6.07, 6.45) is 5.12. The van der Waals surface area contributed by atoms with Crippen LogP contribution in [-0.2, 0) is 24.1 Å². The Hall–Kier alpha value is -2.29. The molecule has 0 fully saturated rings. The topological polar surface area (TPSA) is 46.5 Å². The van der Waals surface area contributed by atoms with Crippen LogP contribution in [0.25, 0.3) is 0 Å². The molecule has 0 bridgehead atoms. The van der Waals surface area contributed by atoms with Crippen LogP contribution in [0.15, 0.2) is 42.5 Å². The van der Waals surface area contributed by atoms with Gasteiger partial charge in [-0.2, -0.15) is 0 Å². The van der Waals surface area contributed by atoms with Crippen LogP contribution < -0.4 is 4.74 Å². The summed E-state index contributed by atoms with van der Waals surface area (Å²) < 4.78 is 5.44. The number of carboxylic acid groups (broad SMARTS) is 1. The SMILES string of the molecule is CCOc1ccc(CC(C(=O)O)c2ccc3c(c2)CCCC3)cc1. The lowest BCUT2D eigenvalue weighted by Crippen LogP contribution is -2.15. The van der Waals surface area contributed by atoms with Gasteiger partial charge in [0.15, 0.2) is 0 Å². The molecule has 0 saturated carbocycles. The molecule has 0 radical (unpaired) electrons. The maximum absolute atomic E-state index is 11.8. The van der Waals surface area contributed by atoms with Crippen molar-refractivity contribution in [3.63, 3.8) is 0 Å². The van der Waals surface area contributed by atoms with Gasteiger partial charge >= 0.3 is 5.97 Å². The highest BCUT2D eigenvalue weighted by Gasteiger charge is 2.22. The van der Waals surface area contributed by atoms with Crippen molar-refractivity contribution >= 4 is 5.97 Å². The van der Waals surface area contributed by atoms with Crippen molar-refractivity contribution in [3.05, 3.63) is 64.7 Å². The summed E-state index contributed by atoms with van der Waals surface area (Å²) in [5.41, 5.74) is 4.65. The van der Waals surface area contributed by atoms with Gasteiger partial charge < -0.3 is 9.84 Å². The molecule has 1 atom stereocenters. The summed E-state index contributed by atoms with van der Waals surface area (Å²) in [4.78, 5) is 11.8. The summed E-state index contributed by atoms with van der Waals surface area (Å²) in [7, 11) is 0. The summed E-state index contributed by atoms with van der Waals surface area (Å²) >= 11 is 0. The Morgan fingerprint density at radius 1 is 1.08 bits per heavy atom. The summed E-state index contributed by atoms with van der Waals surface area (Å²) in [6.45, 7) is 2.58. The fourth-order valence-electron chi connectivity index (χ4n) is 3.44. The first-order chi connectivity index (χ1) is 11.7. The first-order valence-corrected chi connectivity index (χ1v) is 8.73. The van der Waals surface area contributed by atoms with E-state index in [1.54, 1.807) is 0 Å².